The SMILES string of the molecule is CCC(NS(=O)(=O)c1cc(C)c(OC)cc1C)c1ccc(C)c(C)c1. The van der Waals surface area contributed by atoms with E-state index in [0.717, 1.165) is 16.7 Å². The van der Waals surface area contributed by atoms with Gasteiger partial charge in [0.15, 0.2) is 0 Å². The van der Waals surface area contributed by atoms with Crippen LogP contribution in [0.3, 0.4) is 0 Å². The van der Waals surface area contributed by atoms with Crippen LogP contribution in [-0.2, 0) is 10.0 Å². The average molecular weight is 362 g/mol. The van der Waals surface area contributed by atoms with Gasteiger partial charge in [-0.25, -0.2) is 13.1 Å². The van der Waals surface area contributed by atoms with Crippen LogP contribution < -0.4 is 9.46 Å². The molecule has 2 aromatic carbocycles. The molecule has 0 heterocycles. The molecule has 0 aliphatic heterocycles. The van der Waals surface area contributed by atoms with Gasteiger partial charge in [-0.3, -0.25) is 0 Å². The molecule has 1 unspecified atom stereocenters. The topological polar surface area (TPSA) is 55.4 Å². The molecule has 0 aliphatic carbocycles. The molecular weight excluding hydrogens is 334 g/mol. The number of ether oxygens (including phenoxy) is 1. The fraction of sp³-hybridized carbons (Fsp3) is 0.400. The lowest BCUT2D eigenvalue weighted by Gasteiger charge is -2.20. The van der Waals surface area contributed by atoms with Gasteiger partial charge in [0.25, 0.3) is 0 Å². The summed E-state index contributed by atoms with van der Waals surface area (Å²) in [5, 5.41) is 0. The minimum atomic E-state index is -3.63. The molecule has 0 saturated carbocycles. The Kier molecular flexibility index (Phi) is 5.91. The van der Waals surface area contributed by atoms with Crippen LogP contribution in [0.1, 0.15) is 47.2 Å². The van der Waals surface area contributed by atoms with E-state index in [-0.39, 0.29) is 6.04 Å². The van der Waals surface area contributed by atoms with E-state index in [9.17, 15) is 8.42 Å². The molecule has 0 aromatic heterocycles. The lowest BCUT2D eigenvalue weighted by atomic mass is 10.0. The zero-order chi connectivity index (χ0) is 18.8. The summed E-state index contributed by atoms with van der Waals surface area (Å²) in [5.74, 6) is 0.692. The molecule has 5 heteroatoms. The highest BCUT2D eigenvalue weighted by Gasteiger charge is 2.23. The fourth-order valence-corrected chi connectivity index (χ4v) is 4.51. The second-order valence-corrected chi connectivity index (χ2v) is 8.20. The van der Waals surface area contributed by atoms with E-state index in [0.29, 0.717) is 22.6 Å². The predicted octanol–water partition coefficient (Wildman–Crippen LogP) is 4.36. The number of hydrogen-bond acceptors (Lipinski definition) is 3. The summed E-state index contributed by atoms with van der Waals surface area (Å²) in [4.78, 5) is 0.299. The summed E-state index contributed by atoms with van der Waals surface area (Å²) < 4.78 is 34.0. The highest BCUT2D eigenvalue weighted by molar-refractivity contribution is 7.89. The lowest BCUT2D eigenvalue weighted by Crippen LogP contribution is -2.29. The fourth-order valence-electron chi connectivity index (χ4n) is 2.89. The monoisotopic (exact) mass is 361 g/mol. The molecule has 25 heavy (non-hydrogen) atoms. The maximum Gasteiger partial charge on any atom is 0.241 e. The molecule has 1 atom stereocenters. The molecule has 0 fully saturated rings. The Balaban J connectivity index is 2.39. The van der Waals surface area contributed by atoms with Crippen LogP contribution in [0.2, 0.25) is 0 Å². The Hall–Kier alpha value is -1.85. The third-order valence-electron chi connectivity index (χ3n) is 4.62. The number of rotatable bonds is 6. The van der Waals surface area contributed by atoms with E-state index < -0.39 is 10.0 Å². The van der Waals surface area contributed by atoms with Gasteiger partial charge in [0, 0.05) is 6.04 Å². The van der Waals surface area contributed by atoms with Crippen LogP contribution in [0.4, 0.5) is 0 Å². The Bertz CT molecular complexity index is 873. The van der Waals surface area contributed by atoms with E-state index in [1.807, 2.05) is 39.8 Å². The zero-order valence-electron chi connectivity index (χ0n) is 15.8. The van der Waals surface area contributed by atoms with Crippen molar-refractivity contribution < 1.29 is 13.2 Å². The van der Waals surface area contributed by atoms with Crippen molar-refractivity contribution in [3.63, 3.8) is 0 Å². The van der Waals surface area contributed by atoms with Gasteiger partial charge >= 0.3 is 0 Å². The standard InChI is InChI=1S/C20H27NO3S/c1-7-18(17-9-8-13(2)14(3)10-17)21-25(22,23)20-12-15(4)19(24-6)11-16(20)5/h8-12,18,21H,7H2,1-6H3. The maximum absolute atomic E-state index is 12.9. The minimum Gasteiger partial charge on any atom is -0.496 e. The Morgan fingerprint density at radius 2 is 1.64 bits per heavy atom. The van der Waals surface area contributed by atoms with Crippen molar-refractivity contribution in [1.29, 1.82) is 0 Å². The summed E-state index contributed by atoms with van der Waals surface area (Å²) in [5.41, 5.74) is 4.81. The third-order valence-corrected chi connectivity index (χ3v) is 6.23. The van der Waals surface area contributed by atoms with Crippen LogP contribution in [0.15, 0.2) is 35.2 Å². The number of benzene rings is 2. The second-order valence-electron chi connectivity index (χ2n) is 6.51. The lowest BCUT2D eigenvalue weighted by molar-refractivity contribution is 0.411. The molecule has 136 valence electrons. The Labute approximate surface area is 151 Å². The highest BCUT2D eigenvalue weighted by Crippen LogP contribution is 2.28. The van der Waals surface area contributed by atoms with Crippen molar-refractivity contribution in [1.82, 2.24) is 4.72 Å². The van der Waals surface area contributed by atoms with Gasteiger partial charge in [-0.2, -0.15) is 0 Å². The van der Waals surface area contributed by atoms with Gasteiger partial charge in [0.1, 0.15) is 5.75 Å². The molecule has 1 N–H and O–H groups in total. The van der Waals surface area contributed by atoms with Crippen LogP contribution in [0.25, 0.3) is 0 Å². The highest BCUT2D eigenvalue weighted by atomic mass is 32.2. The molecule has 0 amide bonds. The largest absolute Gasteiger partial charge is 0.496 e. The van der Waals surface area contributed by atoms with Crippen molar-refractivity contribution in [3.05, 3.63) is 58.1 Å². The number of methoxy groups -OCH3 is 1. The van der Waals surface area contributed by atoms with Gasteiger partial charge in [-0.05, 0) is 74.1 Å². The quantitative estimate of drug-likeness (QED) is 0.832. The molecule has 0 bridgehead atoms. The molecular formula is C20H27NO3S. The summed E-state index contributed by atoms with van der Waals surface area (Å²) in [6, 6.07) is 9.25. The van der Waals surface area contributed by atoms with Crippen molar-refractivity contribution >= 4 is 10.0 Å². The van der Waals surface area contributed by atoms with Crippen molar-refractivity contribution in [2.75, 3.05) is 7.11 Å². The maximum atomic E-state index is 12.9. The summed E-state index contributed by atoms with van der Waals surface area (Å²) >= 11 is 0. The van der Waals surface area contributed by atoms with E-state index in [1.54, 1.807) is 26.2 Å². The molecule has 0 spiro atoms. The first-order valence-corrected chi connectivity index (χ1v) is 9.92. The molecule has 4 nitrogen and oxygen atoms in total. The van der Waals surface area contributed by atoms with Gasteiger partial charge in [0.2, 0.25) is 10.0 Å². The number of sulfonamides is 1. The number of hydrogen-bond donors (Lipinski definition) is 1. The smallest absolute Gasteiger partial charge is 0.241 e. The number of nitrogens with one attached hydrogen (secondary N) is 1. The van der Waals surface area contributed by atoms with Crippen LogP contribution in [0, 0.1) is 27.7 Å². The molecule has 0 saturated heterocycles. The minimum absolute atomic E-state index is 0.258. The summed E-state index contributed by atoms with van der Waals surface area (Å²) in [6.45, 7) is 9.70. The molecule has 2 aromatic rings. The summed E-state index contributed by atoms with van der Waals surface area (Å²) in [7, 11) is -2.04. The first kappa shape index (κ1) is 19.5. The van der Waals surface area contributed by atoms with Crippen LogP contribution in [0.5, 0.6) is 5.75 Å². The second kappa shape index (κ2) is 7.58. The van der Waals surface area contributed by atoms with E-state index >= 15 is 0 Å². The molecule has 0 aliphatic rings. The van der Waals surface area contributed by atoms with Crippen molar-refractivity contribution in [2.24, 2.45) is 0 Å². The van der Waals surface area contributed by atoms with Gasteiger partial charge in [-0.15, -0.1) is 0 Å². The number of aryl methyl sites for hydroxylation is 4. The zero-order valence-corrected chi connectivity index (χ0v) is 16.6. The molecule has 2 rings (SSSR count). The van der Waals surface area contributed by atoms with Gasteiger partial charge in [-0.1, -0.05) is 25.1 Å². The van der Waals surface area contributed by atoms with Crippen LogP contribution >= 0.6 is 0 Å². The van der Waals surface area contributed by atoms with E-state index in [4.69, 9.17) is 4.74 Å². The first-order chi connectivity index (χ1) is 11.7. The van der Waals surface area contributed by atoms with Gasteiger partial charge in [0.05, 0.1) is 12.0 Å². The van der Waals surface area contributed by atoms with E-state index in [2.05, 4.69) is 10.8 Å². The third kappa shape index (κ3) is 4.22. The normalized spacial score (nSPS) is 12.9. The summed E-state index contributed by atoms with van der Waals surface area (Å²) in [6.07, 6.45) is 0.677. The Morgan fingerprint density at radius 1 is 0.960 bits per heavy atom. The van der Waals surface area contributed by atoms with Crippen molar-refractivity contribution in [2.45, 2.75) is 52.0 Å². The Morgan fingerprint density at radius 3 is 2.20 bits per heavy atom. The average Bonchev–Trinajstić information content (AvgIpc) is 2.56. The van der Waals surface area contributed by atoms with E-state index in [1.165, 1.54) is 5.56 Å². The van der Waals surface area contributed by atoms with Gasteiger partial charge < -0.3 is 4.74 Å². The van der Waals surface area contributed by atoms with Crippen molar-refractivity contribution in [3.8, 4) is 5.75 Å². The molecule has 0 radical (unpaired) electrons. The first-order valence-electron chi connectivity index (χ1n) is 8.44. The predicted molar refractivity (Wildman–Crippen MR) is 102 cm³/mol. The van der Waals surface area contributed by atoms with Crippen LogP contribution in [-0.4, -0.2) is 15.5 Å².